The lowest BCUT2D eigenvalue weighted by Crippen LogP contribution is -2.53. The molecule has 2 saturated heterocycles. The number of nitrogens with one attached hydrogen (secondary N) is 2. The highest BCUT2D eigenvalue weighted by atomic mass is 19.4. The first-order chi connectivity index (χ1) is 20.5. The lowest BCUT2D eigenvalue weighted by Gasteiger charge is -2.35. The zero-order chi connectivity index (χ0) is 30.5. The third-order valence-electron chi connectivity index (χ3n) is 8.81. The molecule has 43 heavy (non-hydrogen) atoms. The average molecular weight is 600 g/mol. The Morgan fingerprint density at radius 3 is 2.53 bits per heavy atom. The second-order valence-electron chi connectivity index (χ2n) is 11.7. The van der Waals surface area contributed by atoms with Crippen LogP contribution in [0.4, 0.5) is 24.5 Å². The number of ether oxygens (including phenoxy) is 1. The number of fused-ring (bicyclic) bond motifs is 3. The van der Waals surface area contributed by atoms with Gasteiger partial charge in [-0.25, -0.2) is 0 Å². The highest BCUT2D eigenvalue weighted by molar-refractivity contribution is 5.91. The van der Waals surface area contributed by atoms with Crippen molar-refractivity contribution < 1.29 is 22.7 Å². The van der Waals surface area contributed by atoms with E-state index >= 15 is 0 Å². The van der Waals surface area contributed by atoms with Crippen LogP contribution in [0.25, 0.3) is 11.4 Å². The number of piperazine rings is 1. The first kappa shape index (κ1) is 29.4. The minimum absolute atomic E-state index is 0.125. The van der Waals surface area contributed by atoms with Gasteiger partial charge in [0.25, 0.3) is 5.56 Å². The fourth-order valence-electron chi connectivity index (χ4n) is 6.59. The highest BCUT2D eigenvalue weighted by Gasteiger charge is 2.36. The monoisotopic (exact) mass is 599 g/mol. The number of aromatic nitrogens is 4. The predicted octanol–water partition coefficient (Wildman–Crippen LogP) is 3.94. The van der Waals surface area contributed by atoms with Crippen LogP contribution in [-0.4, -0.2) is 63.5 Å². The minimum atomic E-state index is -4.48. The lowest BCUT2D eigenvalue weighted by molar-refractivity contribution is -0.137. The number of carbonyl (C=O) groups is 1. The first-order valence-electron chi connectivity index (χ1n) is 14.8. The number of hydrogen-bond donors (Lipinski definition) is 2. The van der Waals surface area contributed by atoms with Crippen LogP contribution in [0.15, 0.2) is 29.1 Å². The molecular formula is C30H36F3N7O3. The maximum atomic E-state index is 14.1. The minimum Gasteiger partial charge on any atom is -0.381 e. The Kier molecular flexibility index (Phi) is 7.80. The van der Waals surface area contributed by atoms with E-state index in [1.807, 2.05) is 13.0 Å². The second-order valence-corrected chi connectivity index (χ2v) is 11.7. The number of anilines is 2. The summed E-state index contributed by atoms with van der Waals surface area (Å²) in [5.74, 6) is 0.255. The molecule has 2 aliphatic heterocycles. The molecule has 3 atom stereocenters. The Morgan fingerprint density at radius 2 is 1.93 bits per heavy atom. The molecule has 4 heterocycles. The Labute approximate surface area is 246 Å². The molecule has 3 aromatic rings. The van der Waals surface area contributed by atoms with E-state index in [1.54, 1.807) is 11.7 Å². The topological polar surface area (TPSA) is 106 Å². The summed E-state index contributed by atoms with van der Waals surface area (Å²) in [6.07, 6.45) is 2.46. The van der Waals surface area contributed by atoms with Gasteiger partial charge in [0.1, 0.15) is 12.2 Å². The summed E-state index contributed by atoms with van der Waals surface area (Å²) in [5, 5.41) is 11.0. The summed E-state index contributed by atoms with van der Waals surface area (Å²) >= 11 is 0. The number of amides is 1. The SMILES string of the molecule is CCc1c(N2CC3CCC(C2)N3)c(=O)n2nc(C3=CCC(OC)CC3)nc2n1CC(=O)Nc1ccc(C(F)(F)F)cc1C. The van der Waals surface area contributed by atoms with Gasteiger partial charge in [-0.1, -0.05) is 13.0 Å². The maximum Gasteiger partial charge on any atom is 0.416 e. The number of methoxy groups -OCH3 is 1. The molecule has 1 amide bonds. The van der Waals surface area contributed by atoms with E-state index in [9.17, 15) is 22.8 Å². The Bertz CT molecular complexity index is 1630. The molecule has 0 spiro atoms. The number of allylic oxidation sites excluding steroid dienone is 1. The lowest BCUT2D eigenvalue weighted by atomic mass is 9.97. The van der Waals surface area contributed by atoms with Crippen molar-refractivity contribution in [2.75, 3.05) is 30.4 Å². The van der Waals surface area contributed by atoms with Crippen molar-refractivity contribution in [1.82, 2.24) is 24.5 Å². The smallest absolute Gasteiger partial charge is 0.381 e. The average Bonchev–Trinajstić information content (AvgIpc) is 3.58. The number of aryl methyl sites for hydroxylation is 1. The molecule has 1 aliphatic carbocycles. The van der Waals surface area contributed by atoms with Crippen LogP contribution in [0, 0.1) is 6.92 Å². The molecule has 1 aromatic carbocycles. The third-order valence-corrected chi connectivity index (χ3v) is 8.81. The molecule has 3 aliphatic rings. The molecule has 2 bridgehead atoms. The van der Waals surface area contributed by atoms with Gasteiger partial charge in [0.2, 0.25) is 11.7 Å². The van der Waals surface area contributed by atoms with Crippen LogP contribution in [0.1, 0.15) is 61.7 Å². The van der Waals surface area contributed by atoms with Crippen LogP contribution in [0.2, 0.25) is 0 Å². The van der Waals surface area contributed by atoms with Gasteiger partial charge in [-0.2, -0.15) is 22.7 Å². The van der Waals surface area contributed by atoms with Gasteiger partial charge in [-0.15, -0.1) is 5.10 Å². The predicted molar refractivity (Wildman–Crippen MR) is 156 cm³/mol. The van der Waals surface area contributed by atoms with Crippen molar-refractivity contribution in [3.8, 4) is 0 Å². The van der Waals surface area contributed by atoms with Crippen LogP contribution >= 0.6 is 0 Å². The molecular weight excluding hydrogens is 563 g/mol. The van der Waals surface area contributed by atoms with E-state index in [4.69, 9.17) is 9.72 Å². The number of nitrogens with zero attached hydrogens (tertiary/aromatic N) is 5. The molecule has 6 rings (SSSR count). The summed E-state index contributed by atoms with van der Waals surface area (Å²) < 4.78 is 48.1. The Morgan fingerprint density at radius 1 is 1.19 bits per heavy atom. The third kappa shape index (κ3) is 5.67. The fraction of sp³-hybridized carbons (Fsp3) is 0.533. The van der Waals surface area contributed by atoms with Crippen molar-refractivity contribution >= 4 is 28.6 Å². The number of rotatable bonds is 7. The maximum absolute atomic E-state index is 14.1. The van der Waals surface area contributed by atoms with E-state index in [-0.39, 0.29) is 41.8 Å². The van der Waals surface area contributed by atoms with Gasteiger partial charge >= 0.3 is 6.18 Å². The van der Waals surface area contributed by atoms with Crippen LogP contribution < -0.4 is 21.1 Å². The van der Waals surface area contributed by atoms with Crippen molar-refractivity contribution in [3.63, 3.8) is 0 Å². The van der Waals surface area contributed by atoms with E-state index < -0.39 is 17.6 Å². The van der Waals surface area contributed by atoms with Crippen molar-refractivity contribution in [3.05, 3.63) is 57.3 Å². The summed E-state index contributed by atoms with van der Waals surface area (Å²) in [6.45, 7) is 4.61. The molecule has 2 fully saturated rings. The number of hydrogen-bond acceptors (Lipinski definition) is 7. The molecule has 13 heteroatoms. The van der Waals surface area contributed by atoms with Crippen LogP contribution in [0.5, 0.6) is 0 Å². The summed E-state index contributed by atoms with van der Waals surface area (Å²) in [7, 11) is 1.69. The van der Waals surface area contributed by atoms with Crippen LogP contribution in [-0.2, 0) is 28.7 Å². The van der Waals surface area contributed by atoms with Crippen molar-refractivity contribution in [1.29, 1.82) is 0 Å². The van der Waals surface area contributed by atoms with Gasteiger partial charge < -0.3 is 24.8 Å². The fourth-order valence-corrected chi connectivity index (χ4v) is 6.59. The van der Waals surface area contributed by atoms with E-state index in [0.717, 1.165) is 43.4 Å². The Hall–Kier alpha value is -3.71. The van der Waals surface area contributed by atoms with Gasteiger partial charge in [-0.3, -0.25) is 9.59 Å². The van der Waals surface area contributed by atoms with Gasteiger partial charge in [-0.05, 0) is 74.8 Å². The van der Waals surface area contributed by atoms with Crippen molar-refractivity contribution in [2.45, 2.75) is 83.3 Å². The van der Waals surface area contributed by atoms with E-state index in [2.05, 4.69) is 20.6 Å². The Balaban J connectivity index is 1.41. The van der Waals surface area contributed by atoms with E-state index in [1.165, 1.54) is 17.5 Å². The molecule has 0 saturated carbocycles. The highest BCUT2D eigenvalue weighted by Crippen LogP contribution is 2.32. The number of halogens is 3. The molecule has 2 N–H and O–H groups in total. The summed E-state index contributed by atoms with van der Waals surface area (Å²) in [5.41, 5.74) is 1.65. The number of carbonyl (C=O) groups excluding carboxylic acids is 1. The largest absolute Gasteiger partial charge is 0.416 e. The van der Waals surface area contributed by atoms with E-state index in [0.29, 0.717) is 48.7 Å². The summed E-state index contributed by atoms with van der Waals surface area (Å²) in [4.78, 5) is 34.4. The number of benzene rings is 1. The molecule has 3 unspecified atom stereocenters. The van der Waals surface area contributed by atoms with Gasteiger partial charge in [0, 0.05) is 38.0 Å². The summed E-state index contributed by atoms with van der Waals surface area (Å²) in [6, 6.07) is 3.79. The standard InChI is InChI=1S/C30H36F3N7O3/c1-4-24-26(38-14-20-8-9-21(15-38)34-20)28(42)40-29(36-27(37-40)18-5-10-22(43-3)11-6-18)39(24)16-25(41)35-23-12-7-19(13-17(23)2)30(31,32)33/h5,7,12-13,20-22,34H,4,6,8-11,14-16H2,1-3H3,(H,35,41). The van der Waals surface area contributed by atoms with Crippen molar-refractivity contribution in [2.24, 2.45) is 0 Å². The van der Waals surface area contributed by atoms with Crippen LogP contribution in [0.3, 0.4) is 0 Å². The molecule has 0 radical (unpaired) electrons. The molecule has 2 aromatic heterocycles. The second kappa shape index (κ2) is 11.4. The molecule has 10 nitrogen and oxygen atoms in total. The van der Waals surface area contributed by atoms with Gasteiger partial charge in [0.05, 0.1) is 17.4 Å². The molecule has 230 valence electrons. The quantitative estimate of drug-likeness (QED) is 0.424. The van der Waals surface area contributed by atoms with Gasteiger partial charge in [0.15, 0.2) is 5.82 Å². The zero-order valence-corrected chi connectivity index (χ0v) is 24.5. The number of alkyl halides is 3. The normalized spacial score (nSPS) is 22.2. The zero-order valence-electron chi connectivity index (χ0n) is 24.5. The first-order valence-corrected chi connectivity index (χ1v) is 14.8.